The molecule has 0 aromatic heterocycles. The fourth-order valence-corrected chi connectivity index (χ4v) is 2.15. The lowest BCUT2D eigenvalue weighted by Gasteiger charge is -2.19. The van der Waals surface area contributed by atoms with E-state index < -0.39 is 0 Å². The second kappa shape index (κ2) is 3.68. The van der Waals surface area contributed by atoms with Gasteiger partial charge in [0.2, 0.25) is 6.79 Å². The lowest BCUT2D eigenvalue weighted by Crippen LogP contribution is -2.34. The lowest BCUT2D eigenvalue weighted by atomic mass is 9.95. The van der Waals surface area contributed by atoms with Crippen molar-refractivity contribution in [2.75, 3.05) is 6.79 Å². The van der Waals surface area contributed by atoms with E-state index in [0.717, 1.165) is 28.0 Å². The predicted octanol–water partition coefficient (Wildman–Crippen LogP) is 2.46. The summed E-state index contributed by atoms with van der Waals surface area (Å²) in [5.74, 6) is 1.63. The van der Waals surface area contributed by atoms with Crippen LogP contribution in [0.25, 0.3) is 0 Å². The highest BCUT2D eigenvalue weighted by atomic mass is 79.9. The van der Waals surface area contributed by atoms with Gasteiger partial charge in [-0.25, -0.2) is 0 Å². The van der Waals surface area contributed by atoms with Gasteiger partial charge in [-0.3, -0.25) is 0 Å². The van der Waals surface area contributed by atoms with Crippen molar-refractivity contribution in [1.29, 1.82) is 0 Å². The summed E-state index contributed by atoms with van der Waals surface area (Å²) in [4.78, 5) is 0. The molecule has 0 aliphatic carbocycles. The van der Waals surface area contributed by atoms with Gasteiger partial charge in [-0.1, -0.05) is 15.9 Å². The number of hydrogen-bond donors (Lipinski definition) is 1. The Labute approximate surface area is 97.7 Å². The summed E-state index contributed by atoms with van der Waals surface area (Å²) in [6, 6.07) is 3.94. The van der Waals surface area contributed by atoms with Crippen LogP contribution >= 0.6 is 15.9 Å². The highest BCUT2D eigenvalue weighted by molar-refractivity contribution is 9.10. The fourth-order valence-electron chi connectivity index (χ4n) is 1.67. The summed E-state index contributed by atoms with van der Waals surface area (Å²) in [6.45, 7) is 4.29. The average molecular weight is 272 g/mol. The van der Waals surface area contributed by atoms with Crippen LogP contribution < -0.4 is 15.2 Å². The Bertz CT molecular complexity index is 385. The van der Waals surface area contributed by atoms with Crippen molar-refractivity contribution in [2.24, 2.45) is 5.73 Å². The number of ether oxygens (including phenoxy) is 2. The molecule has 0 radical (unpaired) electrons. The van der Waals surface area contributed by atoms with Crippen molar-refractivity contribution in [3.05, 3.63) is 22.2 Å². The largest absolute Gasteiger partial charge is 0.454 e. The van der Waals surface area contributed by atoms with Crippen LogP contribution in [0.4, 0.5) is 0 Å². The zero-order chi connectivity index (χ0) is 11.1. The molecule has 1 heterocycles. The molecule has 0 saturated carbocycles. The van der Waals surface area contributed by atoms with E-state index in [9.17, 15) is 0 Å². The number of fused-ring (bicyclic) bond motifs is 1. The summed E-state index contributed by atoms with van der Waals surface area (Å²) in [7, 11) is 0. The molecule has 0 atom stereocenters. The highest BCUT2D eigenvalue weighted by Gasteiger charge is 2.22. The fraction of sp³-hybridized carbons (Fsp3) is 0.455. The number of nitrogens with two attached hydrogens (primary N) is 1. The molecule has 82 valence electrons. The summed E-state index contributed by atoms with van der Waals surface area (Å²) in [5.41, 5.74) is 6.84. The lowest BCUT2D eigenvalue weighted by molar-refractivity contribution is 0.173. The molecule has 1 aliphatic heterocycles. The van der Waals surface area contributed by atoms with Crippen molar-refractivity contribution in [3.63, 3.8) is 0 Å². The van der Waals surface area contributed by atoms with Gasteiger partial charge in [-0.05, 0) is 32.4 Å². The molecule has 1 aliphatic rings. The molecule has 4 heteroatoms. The molecule has 2 rings (SSSR count). The molecule has 1 aromatic rings. The van der Waals surface area contributed by atoms with Crippen molar-refractivity contribution >= 4 is 15.9 Å². The van der Waals surface area contributed by atoms with E-state index in [-0.39, 0.29) is 5.54 Å². The summed E-state index contributed by atoms with van der Waals surface area (Å²) < 4.78 is 11.8. The van der Waals surface area contributed by atoms with Gasteiger partial charge in [0.05, 0.1) is 0 Å². The average Bonchev–Trinajstić information content (AvgIpc) is 2.48. The maximum Gasteiger partial charge on any atom is 0.231 e. The van der Waals surface area contributed by atoms with Gasteiger partial charge < -0.3 is 15.2 Å². The Morgan fingerprint density at radius 3 is 2.80 bits per heavy atom. The molecular weight excluding hydrogens is 258 g/mol. The first kappa shape index (κ1) is 10.8. The van der Waals surface area contributed by atoms with Crippen LogP contribution in [0, 0.1) is 0 Å². The SMILES string of the molecule is CC(C)(N)Cc1cc(Br)cc2c1OCO2. The maximum absolute atomic E-state index is 6.00. The monoisotopic (exact) mass is 271 g/mol. The molecule has 0 fully saturated rings. The van der Waals surface area contributed by atoms with Gasteiger partial charge in [0, 0.05) is 15.6 Å². The van der Waals surface area contributed by atoms with Crippen LogP contribution in [0.3, 0.4) is 0 Å². The van der Waals surface area contributed by atoms with Crippen LogP contribution in [0.2, 0.25) is 0 Å². The van der Waals surface area contributed by atoms with Crippen molar-refractivity contribution < 1.29 is 9.47 Å². The third-order valence-corrected chi connectivity index (χ3v) is 2.62. The third kappa shape index (κ3) is 2.44. The standard InChI is InChI=1S/C11H14BrNO2/c1-11(2,13)5-7-3-8(12)4-9-10(7)15-6-14-9/h3-4H,5-6,13H2,1-2H3. The van der Waals surface area contributed by atoms with E-state index in [4.69, 9.17) is 15.2 Å². The van der Waals surface area contributed by atoms with Crippen LogP contribution in [0.1, 0.15) is 19.4 Å². The van der Waals surface area contributed by atoms with E-state index in [2.05, 4.69) is 15.9 Å². The molecule has 0 spiro atoms. The van der Waals surface area contributed by atoms with E-state index in [1.807, 2.05) is 26.0 Å². The zero-order valence-corrected chi connectivity index (χ0v) is 10.4. The normalized spacial score (nSPS) is 14.4. The van der Waals surface area contributed by atoms with E-state index >= 15 is 0 Å². The third-order valence-electron chi connectivity index (χ3n) is 2.16. The van der Waals surface area contributed by atoms with E-state index in [0.29, 0.717) is 6.79 Å². The van der Waals surface area contributed by atoms with E-state index in [1.165, 1.54) is 0 Å². The predicted molar refractivity (Wildman–Crippen MR) is 62.2 cm³/mol. The van der Waals surface area contributed by atoms with Crippen LogP contribution in [-0.2, 0) is 6.42 Å². The van der Waals surface area contributed by atoms with E-state index in [1.54, 1.807) is 0 Å². The van der Waals surface area contributed by atoms with Crippen molar-refractivity contribution in [2.45, 2.75) is 25.8 Å². The number of benzene rings is 1. The first-order valence-corrected chi connectivity index (χ1v) is 5.62. The first-order valence-electron chi connectivity index (χ1n) is 4.83. The Kier molecular flexibility index (Phi) is 2.64. The molecular formula is C11H14BrNO2. The van der Waals surface area contributed by atoms with Crippen LogP contribution in [-0.4, -0.2) is 12.3 Å². The van der Waals surface area contributed by atoms with Crippen LogP contribution in [0.5, 0.6) is 11.5 Å². The molecule has 0 amide bonds. The highest BCUT2D eigenvalue weighted by Crippen LogP contribution is 2.39. The van der Waals surface area contributed by atoms with Gasteiger partial charge in [-0.2, -0.15) is 0 Å². The van der Waals surface area contributed by atoms with Gasteiger partial charge in [-0.15, -0.1) is 0 Å². The van der Waals surface area contributed by atoms with Gasteiger partial charge in [0.25, 0.3) is 0 Å². The molecule has 1 aromatic carbocycles. The van der Waals surface area contributed by atoms with Crippen LogP contribution in [0.15, 0.2) is 16.6 Å². The Morgan fingerprint density at radius 2 is 2.13 bits per heavy atom. The topological polar surface area (TPSA) is 44.5 Å². The smallest absolute Gasteiger partial charge is 0.231 e. The number of rotatable bonds is 2. The molecule has 15 heavy (non-hydrogen) atoms. The Balaban J connectivity index is 2.39. The first-order chi connectivity index (χ1) is 6.96. The minimum atomic E-state index is -0.249. The second-order valence-corrected chi connectivity index (χ2v) is 5.38. The van der Waals surface area contributed by atoms with Crippen molar-refractivity contribution in [1.82, 2.24) is 0 Å². The molecule has 2 N–H and O–H groups in total. The van der Waals surface area contributed by atoms with Crippen molar-refractivity contribution in [3.8, 4) is 11.5 Å². The maximum atomic E-state index is 6.00. The molecule has 0 bridgehead atoms. The minimum absolute atomic E-state index is 0.249. The van der Waals surface area contributed by atoms with Gasteiger partial charge >= 0.3 is 0 Å². The quantitative estimate of drug-likeness (QED) is 0.899. The number of halogens is 1. The summed E-state index contributed by atoms with van der Waals surface area (Å²) >= 11 is 3.45. The number of hydrogen-bond acceptors (Lipinski definition) is 3. The minimum Gasteiger partial charge on any atom is -0.454 e. The van der Waals surface area contributed by atoms with Gasteiger partial charge in [0.15, 0.2) is 11.5 Å². The zero-order valence-electron chi connectivity index (χ0n) is 8.84. The molecule has 0 unspecified atom stereocenters. The Hall–Kier alpha value is -0.740. The second-order valence-electron chi connectivity index (χ2n) is 4.46. The summed E-state index contributed by atoms with van der Waals surface area (Å²) in [6.07, 6.45) is 0.762. The Morgan fingerprint density at radius 1 is 1.40 bits per heavy atom. The molecule has 0 saturated heterocycles. The summed E-state index contributed by atoms with van der Waals surface area (Å²) in [5, 5.41) is 0. The van der Waals surface area contributed by atoms with Gasteiger partial charge in [0.1, 0.15) is 0 Å². The molecule has 3 nitrogen and oxygen atoms in total.